The summed E-state index contributed by atoms with van der Waals surface area (Å²) in [4.78, 5) is 31.3. The summed E-state index contributed by atoms with van der Waals surface area (Å²) in [6, 6.07) is 17.0. The van der Waals surface area contributed by atoms with Crippen molar-refractivity contribution in [2.45, 2.75) is 25.4 Å². The Bertz CT molecular complexity index is 1110. The van der Waals surface area contributed by atoms with E-state index in [2.05, 4.69) is 10.3 Å². The normalized spacial score (nSPS) is 16.8. The molecule has 1 saturated heterocycles. The van der Waals surface area contributed by atoms with Gasteiger partial charge in [0.1, 0.15) is 11.6 Å². The Morgan fingerprint density at radius 1 is 1.06 bits per heavy atom. The zero-order valence-electron chi connectivity index (χ0n) is 17.4. The maximum atomic E-state index is 13.8. The molecular weight excluding hydrogens is 412 g/mol. The fourth-order valence-corrected chi connectivity index (χ4v) is 3.95. The number of aromatic nitrogens is 1. The molecule has 2 atom stereocenters. The van der Waals surface area contributed by atoms with Crippen molar-refractivity contribution < 1.29 is 18.4 Å². The van der Waals surface area contributed by atoms with Gasteiger partial charge in [-0.2, -0.15) is 0 Å². The number of hydrogen-bond acceptors (Lipinski definition) is 3. The standard InChI is InChI=1S/C25H23F2N3O2/c26-20-7-3-5-17(11-20)12-23(18-6-4-8-21(27)13-18)29-25(32)19-14-24(31)30(15-19)16-22-9-1-2-10-28-22/h1-11,13,19,23H,12,14-16H2,(H,29,32). The Morgan fingerprint density at radius 3 is 2.56 bits per heavy atom. The first kappa shape index (κ1) is 21.6. The summed E-state index contributed by atoms with van der Waals surface area (Å²) in [5.74, 6) is -1.71. The highest BCUT2D eigenvalue weighted by Crippen LogP contribution is 2.24. The molecule has 0 spiro atoms. The van der Waals surface area contributed by atoms with E-state index >= 15 is 0 Å². The number of carbonyl (C=O) groups is 2. The fourth-order valence-electron chi connectivity index (χ4n) is 3.95. The molecule has 2 unspecified atom stereocenters. The molecule has 5 nitrogen and oxygen atoms in total. The highest BCUT2D eigenvalue weighted by molar-refractivity contribution is 5.89. The monoisotopic (exact) mass is 435 g/mol. The summed E-state index contributed by atoms with van der Waals surface area (Å²) in [5, 5.41) is 2.95. The van der Waals surface area contributed by atoms with Crippen LogP contribution in [0.5, 0.6) is 0 Å². The van der Waals surface area contributed by atoms with Crippen molar-refractivity contribution in [3.8, 4) is 0 Å². The highest BCUT2D eigenvalue weighted by Gasteiger charge is 2.35. The molecule has 2 aromatic carbocycles. The van der Waals surface area contributed by atoms with E-state index in [0.717, 1.165) is 5.69 Å². The van der Waals surface area contributed by atoms with Gasteiger partial charge in [-0.05, 0) is 53.9 Å². The van der Waals surface area contributed by atoms with Gasteiger partial charge in [0.05, 0.1) is 24.2 Å². The highest BCUT2D eigenvalue weighted by atomic mass is 19.1. The van der Waals surface area contributed by atoms with Crippen molar-refractivity contribution in [1.82, 2.24) is 15.2 Å². The van der Waals surface area contributed by atoms with Crippen LogP contribution in [0.4, 0.5) is 8.78 Å². The van der Waals surface area contributed by atoms with E-state index in [-0.39, 0.29) is 30.6 Å². The average Bonchev–Trinajstić information content (AvgIpc) is 3.14. The maximum Gasteiger partial charge on any atom is 0.225 e. The number of halogens is 2. The number of nitrogens with one attached hydrogen (secondary N) is 1. The zero-order chi connectivity index (χ0) is 22.5. The molecule has 32 heavy (non-hydrogen) atoms. The van der Waals surface area contributed by atoms with Gasteiger partial charge in [0.15, 0.2) is 0 Å². The Balaban J connectivity index is 1.47. The second kappa shape index (κ2) is 9.68. The van der Waals surface area contributed by atoms with Crippen LogP contribution in [0.15, 0.2) is 72.9 Å². The van der Waals surface area contributed by atoms with Crippen LogP contribution in [0.2, 0.25) is 0 Å². The summed E-state index contributed by atoms with van der Waals surface area (Å²) >= 11 is 0. The predicted molar refractivity (Wildman–Crippen MR) is 115 cm³/mol. The van der Waals surface area contributed by atoms with E-state index in [1.807, 2.05) is 12.1 Å². The number of rotatable bonds is 7. The quantitative estimate of drug-likeness (QED) is 0.614. The summed E-state index contributed by atoms with van der Waals surface area (Å²) in [6.07, 6.45) is 2.07. The number of pyridine rings is 1. The summed E-state index contributed by atoms with van der Waals surface area (Å²) in [7, 11) is 0. The van der Waals surface area contributed by atoms with Crippen molar-refractivity contribution in [3.05, 3.63) is 101 Å². The number of amides is 2. The summed E-state index contributed by atoms with van der Waals surface area (Å²) in [5.41, 5.74) is 2.02. The van der Waals surface area contributed by atoms with Crippen LogP contribution in [-0.4, -0.2) is 28.2 Å². The fraction of sp³-hybridized carbons (Fsp3) is 0.240. The molecule has 0 aliphatic carbocycles. The van der Waals surface area contributed by atoms with Gasteiger partial charge in [-0.15, -0.1) is 0 Å². The van der Waals surface area contributed by atoms with Crippen molar-refractivity contribution in [3.63, 3.8) is 0 Å². The van der Waals surface area contributed by atoms with Crippen LogP contribution >= 0.6 is 0 Å². The van der Waals surface area contributed by atoms with Crippen LogP contribution in [0.25, 0.3) is 0 Å². The zero-order valence-corrected chi connectivity index (χ0v) is 17.4. The minimum absolute atomic E-state index is 0.106. The average molecular weight is 435 g/mol. The first-order valence-corrected chi connectivity index (χ1v) is 10.5. The van der Waals surface area contributed by atoms with Gasteiger partial charge in [0.2, 0.25) is 11.8 Å². The molecule has 2 amide bonds. The Hall–Kier alpha value is -3.61. The smallest absolute Gasteiger partial charge is 0.225 e. The minimum atomic E-state index is -0.556. The second-order valence-electron chi connectivity index (χ2n) is 7.95. The summed E-state index contributed by atoms with van der Waals surface area (Å²) in [6.45, 7) is 0.636. The van der Waals surface area contributed by atoms with E-state index in [1.54, 1.807) is 41.4 Å². The van der Waals surface area contributed by atoms with Gasteiger partial charge in [0, 0.05) is 19.2 Å². The van der Waals surface area contributed by atoms with Gasteiger partial charge in [0.25, 0.3) is 0 Å². The molecule has 0 bridgehead atoms. The Labute approximate surface area is 185 Å². The van der Waals surface area contributed by atoms with E-state index in [1.165, 1.54) is 24.3 Å². The van der Waals surface area contributed by atoms with Crippen molar-refractivity contribution in [1.29, 1.82) is 0 Å². The molecule has 1 fully saturated rings. The lowest BCUT2D eigenvalue weighted by molar-refractivity contribution is -0.129. The van der Waals surface area contributed by atoms with E-state index in [4.69, 9.17) is 0 Å². The molecule has 0 radical (unpaired) electrons. The van der Waals surface area contributed by atoms with Gasteiger partial charge < -0.3 is 10.2 Å². The number of hydrogen-bond donors (Lipinski definition) is 1. The second-order valence-corrected chi connectivity index (χ2v) is 7.95. The van der Waals surface area contributed by atoms with Crippen LogP contribution < -0.4 is 5.32 Å². The molecule has 164 valence electrons. The van der Waals surface area contributed by atoms with Crippen LogP contribution in [0, 0.1) is 17.6 Å². The van der Waals surface area contributed by atoms with Gasteiger partial charge in [-0.3, -0.25) is 14.6 Å². The van der Waals surface area contributed by atoms with E-state index < -0.39 is 17.8 Å². The molecule has 4 rings (SSSR count). The number of benzene rings is 2. The third kappa shape index (κ3) is 5.35. The number of nitrogens with zero attached hydrogens (tertiary/aromatic N) is 2. The lowest BCUT2D eigenvalue weighted by Crippen LogP contribution is -2.36. The lowest BCUT2D eigenvalue weighted by Gasteiger charge is -2.22. The number of likely N-dealkylation sites (tertiary alicyclic amines) is 1. The largest absolute Gasteiger partial charge is 0.349 e. The van der Waals surface area contributed by atoms with Gasteiger partial charge >= 0.3 is 0 Å². The van der Waals surface area contributed by atoms with Crippen LogP contribution in [0.1, 0.15) is 29.3 Å². The number of carbonyl (C=O) groups excluding carboxylic acids is 2. The lowest BCUT2D eigenvalue weighted by atomic mass is 9.97. The van der Waals surface area contributed by atoms with Crippen LogP contribution in [-0.2, 0) is 22.6 Å². The van der Waals surface area contributed by atoms with Gasteiger partial charge in [-0.1, -0.05) is 30.3 Å². The molecule has 1 aromatic heterocycles. The first-order valence-electron chi connectivity index (χ1n) is 10.5. The van der Waals surface area contributed by atoms with Crippen molar-refractivity contribution in [2.75, 3.05) is 6.54 Å². The summed E-state index contributed by atoms with van der Waals surface area (Å²) < 4.78 is 27.5. The van der Waals surface area contributed by atoms with Crippen molar-refractivity contribution >= 4 is 11.8 Å². The van der Waals surface area contributed by atoms with E-state index in [0.29, 0.717) is 24.1 Å². The van der Waals surface area contributed by atoms with Crippen LogP contribution in [0.3, 0.4) is 0 Å². The maximum absolute atomic E-state index is 13.8. The molecule has 7 heteroatoms. The first-order chi connectivity index (χ1) is 15.5. The molecule has 1 N–H and O–H groups in total. The molecule has 1 aliphatic heterocycles. The molecular formula is C25H23F2N3O2. The Morgan fingerprint density at radius 2 is 1.84 bits per heavy atom. The minimum Gasteiger partial charge on any atom is -0.349 e. The third-order valence-electron chi connectivity index (χ3n) is 5.56. The molecule has 1 aliphatic rings. The molecule has 3 aromatic rings. The van der Waals surface area contributed by atoms with E-state index in [9.17, 15) is 18.4 Å². The third-order valence-corrected chi connectivity index (χ3v) is 5.56. The van der Waals surface area contributed by atoms with Gasteiger partial charge in [-0.25, -0.2) is 8.78 Å². The topological polar surface area (TPSA) is 62.3 Å². The molecule has 2 heterocycles. The van der Waals surface area contributed by atoms with Crippen molar-refractivity contribution in [2.24, 2.45) is 5.92 Å². The predicted octanol–water partition coefficient (Wildman–Crippen LogP) is 3.81. The SMILES string of the molecule is O=C(NC(Cc1cccc(F)c1)c1cccc(F)c1)C1CC(=O)N(Cc2ccccn2)C1. The Kier molecular flexibility index (Phi) is 6.54. The molecule has 0 saturated carbocycles.